The first kappa shape index (κ1) is 23.2. The van der Waals surface area contributed by atoms with Gasteiger partial charge in [-0.3, -0.25) is 9.59 Å². The number of rotatable bonds is 10. The lowest BCUT2D eigenvalue weighted by molar-refractivity contribution is -0.137. The lowest BCUT2D eigenvalue weighted by Gasteiger charge is -2.10. The van der Waals surface area contributed by atoms with Gasteiger partial charge in [-0.25, -0.2) is 0 Å². The van der Waals surface area contributed by atoms with Gasteiger partial charge in [-0.15, -0.1) is 0 Å². The van der Waals surface area contributed by atoms with E-state index in [0.717, 1.165) is 28.6 Å². The topological polar surface area (TPSA) is 83.2 Å². The van der Waals surface area contributed by atoms with E-state index in [9.17, 15) is 22.8 Å². The van der Waals surface area contributed by atoms with Crippen LogP contribution in [0.3, 0.4) is 0 Å². The molecule has 0 atom stereocenters. The molecule has 32 heavy (non-hydrogen) atoms. The Balaban J connectivity index is 1.28. The second-order valence-corrected chi connectivity index (χ2v) is 7.26. The maximum atomic E-state index is 12.7. The third-order valence-electron chi connectivity index (χ3n) is 4.81. The fraction of sp³-hybridized carbons (Fsp3) is 0.304. The van der Waals surface area contributed by atoms with E-state index < -0.39 is 17.6 Å². The lowest BCUT2D eigenvalue weighted by Crippen LogP contribution is -2.31. The molecule has 0 aliphatic carbocycles. The number of nitrogens with one attached hydrogen (secondary N) is 3. The van der Waals surface area contributed by atoms with Crippen LogP contribution in [0.2, 0.25) is 0 Å². The molecule has 0 unspecified atom stereocenters. The molecule has 0 saturated heterocycles. The second kappa shape index (κ2) is 10.7. The van der Waals surface area contributed by atoms with Crippen molar-refractivity contribution in [3.8, 4) is 5.75 Å². The summed E-state index contributed by atoms with van der Waals surface area (Å²) in [5, 5.41) is 6.52. The van der Waals surface area contributed by atoms with Gasteiger partial charge in [-0.2, -0.15) is 13.2 Å². The van der Waals surface area contributed by atoms with Crippen molar-refractivity contribution in [1.82, 2.24) is 15.6 Å². The average molecular weight is 447 g/mol. The van der Waals surface area contributed by atoms with Crippen molar-refractivity contribution in [3.05, 3.63) is 65.9 Å². The van der Waals surface area contributed by atoms with Crippen LogP contribution in [0.15, 0.2) is 54.7 Å². The van der Waals surface area contributed by atoms with Gasteiger partial charge in [0, 0.05) is 30.2 Å². The van der Waals surface area contributed by atoms with Crippen molar-refractivity contribution in [1.29, 1.82) is 0 Å². The van der Waals surface area contributed by atoms with Gasteiger partial charge < -0.3 is 20.4 Å². The van der Waals surface area contributed by atoms with Crippen LogP contribution in [0.25, 0.3) is 10.9 Å². The zero-order chi connectivity index (χ0) is 23.0. The minimum atomic E-state index is -4.47. The average Bonchev–Trinajstić information content (AvgIpc) is 3.17. The van der Waals surface area contributed by atoms with Crippen LogP contribution in [-0.4, -0.2) is 36.5 Å². The zero-order valence-electron chi connectivity index (χ0n) is 17.3. The second-order valence-electron chi connectivity index (χ2n) is 7.26. The minimum absolute atomic E-state index is 0.0205. The molecule has 0 radical (unpaired) electrons. The van der Waals surface area contributed by atoms with Gasteiger partial charge in [0.2, 0.25) is 5.91 Å². The lowest BCUT2D eigenvalue weighted by atomic mass is 10.1. The van der Waals surface area contributed by atoms with Gasteiger partial charge >= 0.3 is 6.18 Å². The molecule has 0 spiro atoms. The first-order valence-electron chi connectivity index (χ1n) is 10.2. The van der Waals surface area contributed by atoms with Crippen LogP contribution in [-0.2, 0) is 22.2 Å². The first-order valence-corrected chi connectivity index (χ1v) is 10.2. The smallest absolute Gasteiger partial charge is 0.416 e. The third-order valence-corrected chi connectivity index (χ3v) is 4.81. The van der Waals surface area contributed by atoms with E-state index in [2.05, 4.69) is 15.6 Å². The van der Waals surface area contributed by atoms with Crippen molar-refractivity contribution in [2.24, 2.45) is 0 Å². The molecule has 3 N–H and O–H groups in total. The molecule has 0 bridgehead atoms. The van der Waals surface area contributed by atoms with Crippen LogP contribution in [0, 0.1) is 0 Å². The Bertz CT molecular complexity index is 1060. The van der Waals surface area contributed by atoms with Crippen molar-refractivity contribution >= 4 is 22.7 Å². The Morgan fingerprint density at radius 1 is 0.938 bits per heavy atom. The summed E-state index contributed by atoms with van der Waals surface area (Å²) in [4.78, 5) is 27.0. The molecular weight excluding hydrogens is 423 g/mol. The highest BCUT2D eigenvalue weighted by molar-refractivity contribution is 5.88. The molecular formula is C23H24F3N3O3. The number of unbranched alkanes of at least 4 members (excludes halogenated alkanes) is 1. The zero-order valence-corrected chi connectivity index (χ0v) is 17.3. The Labute approximate surface area is 183 Å². The number of aromatic nitrogens is 1. The van der Waals surface area contributed by atoms with Crippen LogP contribution in [0.4, 0.5) is 13.2 Å². The number of amides is 2. The fourth-order valence-corrected chi connectivity index (χ4v) is 3.18. The summed E-state index contributed by atoms with van der Waals surface area (Å²) in [6, 6.07) is 12.2. The maximum absolute atomic E-state index is 12.7. The molecule has 0 fully saturated rings. The number of halogens is 3. The molecule has 1 heterocycles. The third kappa shape index (κ3) is 6.76. The molecule has 3 rings (SSSR count). The molecule has 0 aliphatic heterocycles. The number of ether oxygens (including phenoxy) is 1. The number of carbonyl (C=O) groups excluding carboxylic acids is 2. The van der Waals surface area contributed by atoms with E-state index in [4.69, 9.17) is 4.74 Å². The Morgan fingerprint density at radius 3 is 2.41 bits per heavy atom. The highest BCUT2D eigenvalue weighted by Crippen LogP contribution is 2.31. The molecule has 1 aromatic heterocycles. The maximum Gasteiger partial charge on any atom is 0.416 e. The Morgan fingerprint density at radius 2 is 1.66 bits per heavy atom. The highest BCUT2D eigenvalue weighted by Gasteiger charge is 2.30. The SMILES string of the molecule is O=C(COc1cccc(C(F)(F)F)c1)NCCCCNC(=O)Cc1c[nH]c2ccccc12. The molecule has 3 aromatic rings. The predicted octanol–water partition coefficient (Wildman–Crippen LogP) is 3.82. The van der Waals surface area contributed by atoms with E-state index >= 15 is 0 Å². The van der Waals surface area contributed by atoms with Gasteiger partial charge in [-0.05, 0) is 42.7 Å². The molecule has 9 heteroatoms. The van der Waals surface area contributed by atoms with Crippen LogP contribution in [0.5, 0.6) is 5.75 Å². The van der Waals surface area contributed by atoms with Crippen molar-refractivity contribution in [3.63, 3.8) is 0 Å². The van der Waals surface area contributed by atoms with Gasteiger partial charge in [0.05, 0.1) is 12.0 Å². The van der Waals surface area contributed by atoms with E-state index in [1.807, 2.05) is 30.5 Å². The summed E-state index contributed by atoms with van der Waals surface area (Å²) in [6.45, 7) is 0.490. The van der Waals surface area contributed by atoms with E-state index in [1.54, 1.807) is 0 Å². The summed E-state index contributed by atoms with van der Waals surface area (Å²) in [5.41, 5.74) is 1.09. The number of hydrogen-bond donors (Lipinski definition) is 3. The number of aromatic amines is 1. The van der Waals surface area contributed by atoms with E-state index in [0.29, 0.717) is 25.9 Å². The van der Waals surface area contributed by atoms with Crippen molar-refractivity contribution < 1.29 is 27.5 Å². The molecule has 6 nitrogen and oxygen atoms in total. The van der Waals surface area contributed by atoms with Crippen LogP contribution >= 0.6 is 0 Å². The molecule has 170 valence electrons. The molecule has 2 aromatic carbocycles. The summed E-state index contributed by atoms with van der Waals surface area (Å²) in [5.74, 6) is -0.521. The monoisotopic (exact) mass is 447 g/mol. The number of fused-ring (bicyclic) bond motifs is 1. The Hall–Kier alpha value is -3.49. The molecule has 0 saturated carbocycles. The van der Waals surface area contributed by atoms with Gasteiger partial charge in [-0.1, -0.05) is 24.3 Å². The first-order chi connectivity index (χ1) is 15.3. The summed E-state index contributed by atoms with van der Waals surface area (Å²) in [6.07, 6.45) is -1.03. The normalized spacial score (nSPS) is 11.3. The highest BCUT2D eigenvalue weighted by atomic mass is 19.4. The van der Waals surface area contributed by atoms with Crippen molar-refractivity contribution in [2.75, 3.05) is 19.7 Å². The molecule has 0 aliphatic rings. The predicted molar refractivity (Wildman–Crippen MR) is 114 cm³/mol. The number of para-hydroxylation sites is 1. The summed E-state index contributed by atoms with van der Waals surface area (Å²) in [7, 11) is 0. The number of carbonyl (C=O) groups is 2. The Kier molecular flexibility index (Phi) is 7.75. The van der Waals surface area contributed by atoms with Crippen LogP contribution < -0.4 is 15.4 Å². The summed E-state index contributed by atoms with van der Waals surface area (Å²) < 4.78 is 43.2. The van der Waals surface area contributed by atoms with Gasteiger partial charge in [0.15, 0.2) is 6.61 Å². The van der Waals surface area contributed by atoms with Gasteiger partial charge in [0.25, 0.3) is 5.91 Å². The molecule has 2 amide bonds. The number of H-pyrrole nitrogens is 1. The van der Waals surface area contributed by atoms with Gasteiger partial charge in [0.1, 0.15) is 5.75 Å². The van der Waals surface area contributed by atoms with E-state index in [-0.39, 0.29) is 24.7 Å². The largest absolute Gasteiger partial charge is 0.484 e. The number of hydrogen-bond acceptors (Lipinski definition) is 3. The quantitative estimate of drug-likeness (QED) is 0.413. The minimum Gasteiger partial charge on any atom is -0.484 e. The van der Waals surface area contributed by atoms with Crippen LogP contribution in [0.1, 0.15) is 24.0 Å². The number of alkyl halides is 3. The number of benzene rings is 2. The van der Waals surface area contributed by atoms with E-state index in [1.165, 1.54) is 12.1 Å². The standard InChI is InChI=1S/C23H24F3N3O3/c24-23(25,26)17-6-5-7-18(13-17)32-15-22(31)28-11-4-3-10-27-21(30)12-16-14-29-20-9-2-1-8-19(16)20/h1-2,5-9,13-14,29H,3-4,10-12,15H2,(H,27,30)(H,28,31). The summed E-state index contributed by atoms with van der Waals surface area (Å²) >= 11 is 0. The fourth-order valence-electron chi connectivity index (χ4n) is 3.18. The van der Waals surface area contributed by atoms with Crippen molar-refractivity contribution in [2.45, 2.75) is 25.4 Å².